The van der Waals surface area contributed by atoms with Crippen LogP contribution in [0.4, 0.5) is 0 Å². The Morgan fingerprint density at radius 3 is 2.78 bits per heavy atom. The number of carbonyl (C=O) groups is 1. The van der Waals surface area contributed by atoms with Gasteiger partial charge in [0.25, 0.3) is 0 Å². The Morgan fingerprint density at radius 1 is 1.16 bits per heavy atom. The molecule has 32 heavy (non-hydrogen) atoms. The molecule has 0 aliphatic heterocycles. The SMILES string of the molecule is CCc1ccc(Oc2nc3nc(-c4ccc5c(ccn5C)c4)c(Cl)cc3[nH]2)cc1C(=O)O. The Bertz CT molecular complexity index is 1500. The number of nitrogens with one attached hydrogen (secondary N) is 1. The minimum atomic E-state index is -0.995. The third kappa shape index (κ3) is 3.46. The molecule has 0 saturated carbocycles. The molecule has 0 fully saturated rings. The first-order chi connectivity index (χ1) is 15.4. The van der Waals surface area contributed by atoms with Crippen LogP contribution in [0.5, 0.6) is 11.8 Å². The quantitative estimate of drug-likeness (QED) is 0.354. The zero-order valence-corrected chi connectivity index (χ0v) is 18.1. The fourth-order valence-corrected chi connectivity index (χ4v) is 4.07. The van der Waals surface area contributed by atoms with E-state index in [4.69, 9.17) is 16.3 Å². The maximum Gasteiger partial charge on any atom is 0.336 e. The van der Waals surface area contributed by atoms with Crippen LogP contribution in [0.2, 0.25) is 5.02 Å². The van der Waals surface area contributed by atoms with Crippen LogP contribution < -0.4 is 4.74 Å². The highest BCUT2D eigenvalue weighted by atomic mass is 35.5. The highest BCUT2D eigenvalue weighted by Crippen LogP contribution is 2.32. The van der Waals surface area contributed by atoms with Gasteiger partial charge in [0.1, 0.15) is 5.75 Å². The molecule has 2 aromatic carbocycles. The van der Waals surface area contributed by atoms with Crippen molar-refractivity contribution in [2.75, 3.05) is 0 Å². The maximum atomic E-state index is 11.5. The van der Waals surface area contributed by atoms with E-state index >= 15 is 0 Å². The largest absolute Gasteiger partial charge is 0.478 e. The molecular formula is C24H19ClN4O3. The number of nitrogens with zero attached hydrogens (tertiary/aromatic N) is 3. The summed E-state index contributed by atoms with van der Waals surface area (Å²) in [5.41, 5.74) is 4.67. The molecule has 0 unspecified atom stereocenters. The monoisotopic (exact) mass is 446 g/mol. The van der Waals surface area contributed by atoms with Crippen molar-refractivity contribution in [3.63, 3.8) is 0 Å². The normalized spacial score (nSPS) is 11.3. The lowest BCUT2D eigenvalue weighted by atomic mass is 10.1. The molecular weight excluding hydrogens is 428 g/mol. The number of fused-ring (bicyclic) bond motifs is 2. The van der Waals surface area contributed by atoms with Gasteiger partial charge in [-0.25, -0.2) is 9.78 Å². The molecule has 0 bridgehead atoms. The Balaban J connectivity index is 1.51. The molecule has 0 atom stereocenters. The number of hydrogen-bond donors (Lipinski definition) is 2. The predicted molar refractivity (Wildman–Crippen MR) is 124 cm³/mol. The Hall–Kier alpha value is -3.84. The van der Waals surface area contributed by atoms with Crippen molar-refractivity contribution >= 4 is 39.6 Å². The van der Waals surface area contributed by atoms with Gasteiger partial charge in [0, 0.05) is 29.7 Å². The van der Waals surface area contributed by atoms with Gasteiger partial charge in [-0.15, -0.1) is 0 Å². The summed E-state index contributed by atoms with van der Waals surface area (Å²) in [5, 5.41) is 11.0. The number of rotatable bonds is 5. The summed E-state index contributed by atoms with van der Waals surface area (Å²) in [6.07, 6.45) is 2.62. The average Bonchev–Trinajstić information content (AvgIpc) is 3.34. The van der Waals surface area contributed by atoms with Crippen molar-refractivity contribution < 1.29 is 14.6 Å². The van der Waals surface area contributed by atoms with Crippen LogP contribution in [0.1, 0.15) is 22.8 Å². The second kappa shape index (κ2) is 7.69. The lowest BCUT2D eigenvalue weighted by molar-refractivity contribution is 0.0695. The molecule has 160 valence electrons. The molecule has 3 aromatic heterocycles. The number of ether oxygens (including phenoxy) is 1. The first kappa shape index (κ1) is 20.1. The second-order valence-corrected chi connectivity index (χ2v) is 7.92. The molecule has 0 saturated heterocycles. The smallest absolute Gasteiger partial charge is 0.336 e. The van der Waals surface area contributed by atoms with E-state index in [0.717, 1.165) is 22.0 Å². The Kier molecular flexibility index (Phi) is 4.83. The predicted octanol–water partition coefficient (Wildman–Crippen LogP) is 5.82. The second-order valence-electron chi connectivity index (χ2n) is 7.51. The van der Waals surface area contributed by atoms with Crippen molar-refractivity contribution in [2.45, 2.75) is 13.3 Å². The van der Waals surface area contributed by atoms with E-state index in [1.165, 1.54) is 6.07 Å². The van der Waals surface area contributed by atoms with Crippen LogP contribution in [0.25, 0.3) is 33.3 Å². The van der Waals surface area contributed by atoms with Crippen molar-refractivity contribution in [1.82, 2.24) is 19.5 Å². The number of benzene rings is 2. The number of aryl methyl sites for hydroxylation is 2. The number of aromatic nitrogens is 4. The number of H-pyrrole nitrogens is 1. The molecule has 0 spiro atoms. The van der Waals surface area contributed by atoms with Gasteiger partial charge in [-0.2, -0.15) is 4.98 Å². The fraction of sp³-hybridized carbons (Fsp3) is 0.125. The molecule has 7 nitrogen and oxygen atoms in total. The summed E-state index contributed by atoms with van der Waals surface area (Å²) in [6.45, 7) is 1.91. The van der Waals surface area contributed by atoms with Crippen molar-refractivity contribution in [1.29, 1.82) is 0 Å². The lowest BCUT2D eigenvalue weighted by Gasteiger charge is -2.06. The standard InChI is InChI=1S/C24H19ClN4O3/c1-3-13-4-6-16(11-17(13)23(30)31)32-24-26-19-12-18(25)21(27-22(19)28-24)15-5-7-20-14(10-15)8-9-29(20)2/h4-12H,3H2,1-2H3,(H,30,31)(H,26,27,28). The summed E-state index contributed by atoms with van der Waals surface area (Å²) in [7, 11) is 2.00. The van der Waals surface area contributed by atoms with E-state index < -0.39 is 5.97 Å². The molecule has 2 N–H and O–H groups in total. The van der Waals surface area contributed by atoms with Gasteiger partial charge >= 0.3 is 12.0 Å². The zero-order valence-electron chi connectivity index (χ0n) is 17.4. The van der Waals surface area contributed by atoms with E-state index in [2.05, 4.69) is 19.5 Å². The number of halogens is 1. The van der Waals surface area contributed by atoms with Crippen molar-refractivity contribution in [3.05, 3.63) is 70.9 Å². The number of carboxylic acid groups (broad SMARTS) is 1. The van der Waals surface area contributed by atoms with Crippen LogP contribution in [0.3, 0.4) is 0 Å². The van der Waals surface area contributed by atoms with Gasteiger partial charge in [-0.3, -0.25) is 0 Å². The van der Waals surface area contributed by atoms with Crippen LogP contribution in [-0.4, -0.2) is 30.6 Å². The van der Waals surface area contributed by atoms with Gasteiger partial charge in [-0.1, -0.05) is 30.7 Å². The summed E-state index contributed by atoms with van der Waals surface area (Å²) in [6, 6.07) is 15.0. The van der Waals surface area contributed by atoms with Crippen LogP contribution in [0, 0.1) is 0 Å². The van der Waals surface area contributed by atoms with Gasteiger partial charge in [0.2, 0.25) is 0 Å². The average molecular weight is 447 g/mol. The van der Waals surface area contributed by atoms with Crippen LogP contribution in [0.15, 0.2) is 54.7 Å². The van der Waals surface area contributed by atoms with E-state index in [1.807, 2.05) is 44.4 Å². The molecule has 8 heteroatoms. The molecule has 0 aliphatic rings. The number of pyridine rings is 1. The third-order valence-electron chi connectivity index (χ3n) is 5.47. The Morgan fingerprint density at radius 2 is 2.00 bits per heavy atom. The molecule has 0 radical (unpaired) electrons. The minimum Gasteiger partial charge on any atom is -0.478 e. The lowest BCUT2D eigenvalue weighted by Crippen LogP contribution is -2.02. The molecule has 5 aromatic rings. The zero-order chi connectivity index (χ0) is 22.4. The first-order valence-electron chi connectivity index (χ1n) is 10.1. The van der Waals surface area contributed by atoms with Crippen molar-refractivity contribution in [2.24, 2.45) is 7.05 Å². The Labute approximate surface area is 188 Å². The number of aromatic carboxylic acids is 1. The van der Waals surface area contributed by atoms with Crippen molar-refractivity contribution in [3.8, 4) is 23.0 Å². The van der Waals surface area contributed by atoms with Gasteiger partial charge in [-0.05, 0) is 48.4 Å². The topological polar surface area (TPSA) is 93.0 Å². The summed E-state index contributed by atoms with van der Waals surface area (Å²) < 4.78 is 7.84. The highest BCUT2D eigenvalue weighted by molar-refractivity contribution is 6.33. The van der Waals surface area contributed by atoms with Crippen LogP contribution >= 0.6 is 11.6 Å². The highest BCUT2D eigenvalue weighted by Gasteiger charge is 2.15. The van der Waals surface area contributed by atoms with Gasteiger partial charge in [0.15, 0.2) is 5.65 Å². The first-order valence-corrected chi connectivity index (χ1v) is 10.5. The van der Waals surface area contributed by atoms with E-state index in [1.54, 1.807) is 18.2 Å². The number of carboxylic acids is 1. The van der Waals surface area contributed by atoms with Gasteiger partial charge in [0.05, 0.1) is 21.8 Å². The van der Waals surface area contributed by atoms with E-state index in [0.29, 0.717) is 34.1 Å². The number of aromatic amines is 1. The molecule has 0 aliphatic carbocycles. The molecule has 3 heterocycles. The minimum absolute atomic E-state index is 0.208. The third-order valence-corrected chi connectivity index (χ3v) is 5.76. The molecule has 0 amide bonds. The summed E-state index contributed by atoms with van der Waals surface area (Å²) in [4.78, 5) is 23.6. The van der Waals surface area contributed by atoms with E-state index in [9.17, 15) is 9.90 Å². The summed E-state index contributed by atoms with van der Waals surface area (Å²) in [5.74, 6) is -0.620. The number of hydrogen-bond acceptors (Lipinski definition) is 4. The van der Waals surface area contributed by atoms with E-state index in [-0.39, 0.29) is 11.6 Å². The number of imidazole rings is 1. The fourth-order valence-electron chi connectivity index (χ4n) is 3.81. The summed E-state index contributed by atoms with van der Waals surface area (Å²) >= 11 is 6.53. The maximum absolute atomic E-state index is 11.5. The van der Waals surface area contributed by atoms with Gasteiger partial charge < -0.3 is 19.4 Å². The molecule has 5 rings (SSSR count). The van der Waals surface area contributed by atoms with Crippen LogP contribution in [-0.2, 0) is 13.5 Å².